The number of rotatable bonds is 5. The van der Waals surface area contributed by atoms with E-state index in [9.17, 15) is 4.79 Å². The van der Waals surface area contributed by atoms with Gasteiger partial charge in [-0.05, 0) is 30.7 Å². The lowest BCUT2D eigenvalue weighted by Crippen LogP contribution is -2.31. The Bertz CT molecular complexity index is 376. The molecule has 1 aromatic carbocycles. The zero-order valence-electron chi connectivity index (χ0n) is 9.80. The van der Waals surface area contributed by atoms with Gasteiger partial charge in [0.15, 0.2) is 0 Å². The topological polar surface area (TPSA) is 38.3 Å². The number of nitrogens with one attached hydrogen (secondary N) is 1. The molecule has 0 aliphatic carbocycles. The lowest BCUT2D eigenvalue weighted by atomic mass is 10.1. The molecule has 1 rings (SSSR count). The van der Waals surface area contributed by atoms with Crippen LogP contribution in [-0.4, -0.2) is 31.5 Å². The summed E-state index contributed by atoms with van der Waals surface area (Å²) in [7, 11) is 1.57. The quantitative estimate of drug-likeness (QED) is 0.839. The van der Waals surface area contributed by atoms with Crippen molar-refractivity contribution in [2.45, 2.75) is 12.3 Å². The van der Waals surface area contributed by atoms with Crippen LogP contribution in [0.15, 0.2) is 18.2 Å². The molecule has 5 heteroatoms. The number of ether oxygens (including phenoxy) is 1. The summed E-state index contributed by atoms with van der Waals surface area (Å²) in [6, 6.07) is 5.21. The van der Waals surface area contributed by atoms with Crippen LogP contribution in [0.5, 0.6) is 0 Å². The Kier molecular flexibility index (Phi) is 5.75. The number of aryl methyl sites for hydroxylation is 1. The van der Waals surface area contributed by atoms with Gasteiger partial charge >= 0.3 is 0 Å². The number of methoxy groups -OCH3 is 1. The van der Waals surface area contributed by atoms with Gasteiger partial charge in [-0.1, -0.05) is 11.6 Å². The average molecular weight is 276 g/mol. The van der Waals surface area contributed by atoms with Crippen LogP contribution in [0.25, 0.3) is 0 Å². The van der Waals surface area contributed by atoms with Crippen molar-refractivity contribution in [3.63, 3.8) is 0 Å². The monoisotopic (exact) mass is 275 g/mol. The minimum atomic E-state index is -0.232. The molecule has 0 radical (unpaired) electrons. The Hall–Kier alpha value is -0.770. The molecule has 0 aromatic heterocycles. The summed E-state index contributed by atoms with van der Waals surface area (Å²) in [4.78, 5) is 11.8. The van der Waals surface area contributed by atoms with Gasteiger partial charge in [0.2, 0.25) is 0 Å². The van der Waals surface area contributed by atoms with E-state index in [1.807, 2.05) is 6.92 Å². The third-order valence-corrected chi connectivity index (χ3v) is 2.63. The van der Waals surface area contributed by atoms with Gasteiger partial charge in [-0.3, -0.25) is 4.79 Å². The summed E-state index contributed by atoms with van der Waals surface area (Å²) in [5, 5.41) is 3.05. The van der Waals surface area contributed by atoms with Crippen molar-refractivity contribution in [2.75, 3.05) is 20.3 Å². The first-order chi connectivity index (χ1) is 8.02. The van der Waals surface area contributed by atoms with Crippen molar-refractivity contribution in [1.82, 2.24) is 5.32 Å². The van der Waals surface area contributed by atoms with Crippen LogP contribution in [0.3, 0.4) is 0 Å². The molecule has 0 saturated carbocycles. The molecule has 17 heavy (non-hydrogen) atoms. The summed E-state index contributed by atoms with van der Waals surface area (Å²) in [5.74, 6) is -0.183. The average Bonchev–Trinajstić information content (AvgIpc) is 2.25. The zero-order valence-corrected chi connectivity index (χ0v) is 11.3. The predicted molar refractivity (Wildman–Crippen MR) is 70.0 cm³/mol. The van der Waals surface area contributed by atoms with Crippen molar-refractivity contribution in [2.24, 2.45) is 0 Å². The molecule has 1 unspecified atom stereocenters. The third kappa shape index (κ3) is 4.94. The molecule has 0 fully saturated rings. The lowest BCUT2D eigenvalue weighted by Gasteiger charge is -2.10. The molecule has 94 valence electrons. The van der Waals surface area contributed by atoms with Crippen LogP contribution in [0.4, 0.5) is 0 Å². The zero-order chi connectivity index (χ0) is 12.8. The van der Waals surface area contributed by atoms with Gasteiger partial charge in [0.05, 0.1) is 12.0 Å². The lowest BCUT2D eigenvalue weighted by molar-refractivity contribution is 0.0949. The van der Waals surface area contributed by atoms with Gasteiger partial charge in [0, 0.05) is 24.2 Å². The number of benzene rings is 1. The Morgan fingerprint density at radius 3 is 2.76 bits per heavy atom. The number of carbonyl (C=O) groups is 1. The molecule has 1 atom stereocenters. The highest BCUT2D eigenvalue weighted by Crippen LogP contribution is 2.14. The second-order valence-electron chi connectivity index (χ2n) is 3.78. The van der Waals surface area contributed by atoms with E-state index in [2.05, 4.69) is 5.32 Å². The molecule has 0 saturated heterocycles. The standard InChI is InChI=1S/C12H15Cl2NO2/c1-8-3-9(5-10(13)4-8)12(16)15-6-11(14)7-17-2/h3-5,11H,6-7H2,1-2H3,(H,15,16). The fourth-order valence-corrected chi connectivity index (χ4v) is 1.91. The van der Waals surface area contributed by atoms with Gasteiger partial charge in [-0.15, -0.1) is 11.6 Å². The number of halogens is 2. The number of alkyl halides is 1. The third-order valence-electron chi connectivity index (χ3n) is 2.14. The van der Waals surface area contributed by atoms with Crippen LogP contribution >= 0.6 is 23.2 Å². The molecule has 0 heterocycles. The molecule has 1 N–H and O–H groups in total. The molecule has 3 nitrogen and oxygen atoms in total. The SMILES string of the molecule is COCC(Cl)CNC(=O)c1cc(C)cc(Cl)c1. The summed E-state index contributed by atoms with van der Waals surface area (Å²) in [5.41, 5.74) is 1.48. The Morgan fingerprint density at radius 1 is 1.47 bits per heavy atom. The van der Waals surface area contributed by atoms with Gasteiger partial charge in [0.25, 0.3) is 5.91 Å². The normalized spacial score (nSPS) is 12.2. The summed E-state index contributed by atoms with van der Waals surface area (Å²) >= 11 is 11.8. The van der Waals surface area contributed by atoms with Gasteiger partial charge in [-0.2, -0.15) is 0 Å². The summed E-state index contributed by atoms with van der Waals surface area (Å²) in [6.45, 7) is 2.65. The molecule has 0 aliphatic rings. The number of hydrogen-bond donors (Lipinski definition) is 1. The van der Waals surface area contributed by atoms with Crippen LogP contribution in [0.2, 0.25) is 5.02 Å². The first-order valence-electron chi connectivity index (χ1n) is 5.21. The van der Waals surface area contributed by atoms with Crippen molar-refractivity contribution in [3.05, 3.63) is 34.3 Å². The first-order valence-corrected chi connectivity index (χ1v) is 6.02. The van der Waals surface area contributed by atoms with Crippen LogP contribution < -0.4 is 5.32 Å². The first kappa shape index (κ1) is 14.3. The molecule has 0 spiro atoms. The van der Waals surface area contributed by atoms with Crippen LogP contribution in [-0.2, 0) is 4.74 Å². The molecule has 1 aromatic rings. The Morgan fingerprint density at radius 2 is 2.18 bits per heavy atom. The van der Waals surface area contributed by atoms with Crippen molar-refractivity contribution in [1.29, 1.82) is 0 Å². The highest BCUT2D eigenvalue weighted by atomic mass is 35.5. The molecule has 1 amide bonds. The van der Waals surface area contributed by atoms with Crippen LogP contribution in [0, 0.1) is 6.92 Å². The molecule has 0 aliphatic heterocycles. The van der Waals surface area contributed by atoms with E-state index in [0.29, 0.717) is 23.7 Å². The predicted octanol–water partition coefficient (Wildman–Crippen LogP) is 2.63. The highest BCUT2D eigenvalue weighted by Gasteiger charge is 2.10. The van der Waals surface area contributed by atoms with E-state index in [4.69, 9.17) is 27.9 Å². The van der Waals surface area contributed by atoms with Crippen molar-refractivity contribution >= 4 is 29.1 Å². The second-order valence-corrected chi connectivity index (χ2v) is 4.83. The van der Waals surface area contributed by atoms with E-state index >= 15 is 0 Å². The van der Waals surface area contributed by atoms with E-state index in [1.165, 1.54) is 0 Å². The summed E-state index contributed by atoms with van der Waals surface area (Å²) in [6.07, 6.45) is 0. The Balaban J connectivity index is 2.58. The van der Waals surface area contributed by atoms with Gasteiger partial charge in [0.1, 0.15) is 0 Å². The van der Waals surface area contributed by atoms with Gasteiger partial charge < -0.3 is 10.1 Å². The largest absolute Gasteiger partial charge is 0.383 e. The fourth-order valence-electron chi connectivity index (χ4n) is 1.41. The molecular formula is C12H15Cl2NO2. The fraction of sp³-hybridized carbons (Fsp3) is 0.417. The van der Waals surface area contributed by atoms with E-state index in [-0.39, 0.29) is 11.3 Å². The second kappa shape index (κ2) is 6.84. The van der Waals surface area contributed by atoms with Gasteiger partial charge in [-0.25, -0.2) is 0 Å². The minimum Gasteiger partial charge on any atom is -0.383 e. The number of carbonyl (C=O) groups excluding carboxylic acids is 1. The van der Waals surface area contributed by atoms with Crippen molar-refractivity contribution in [3.8, 4) is 0 Å². The summed E-state index contributed by atoms with van der Waals surface area (Å²) < 4.78 is 4.88. The molecule has 0 bridgehead atoms. The number of hydrogen-bond acceptors (Lipinski definition) is 2. The molecular weight excluding hydrogens is 261 g/mol. The van der Waals surface area contributed by atoms with Crippen LogP contribution in [0.1, 0.15) is 15.9 Å². The maximum atomic E-state index is 11.8. The maximum Gasteiger partial charge on any atom is 0.251 e. The number of amides is 1. The van der Waals surface area contributed by atoms with E-state index < -0.39 is 0 Å². The van der Waals surface area contributed by atoms with Crippen molar-refractivity contribution < 1.29 is 9.53 Å². The Labute approximate surface area is 111 Å². The van der Waals surface area contributed by atoms with E-state index in [0.717, 1.165) is 5.56 Å². The highest BCUT2D eigenvalue weighted by molar-refractivity contribution is 6.31. The maximum absolute atomic E-state index is 11.8. The minimum absolute atomic E-state index is 0.183. The smallest absolute Gasteiger partial charge is 0.251 e. The van der Waals surface area contributed by atoms with E-state index in [1.54, 1.807) is 25.3 Å².